The fourth-order valence-corrected chi connectivity index (χ4v) is 1.60. The molecule has 4 heteroatoms. The maximum absolute atomic E-state index is 11.2. The Labute approximate surface area is 89.3 Å². The highest BCUT2D eigenvalue weighted by Gasteiger charge is 2.19. The molecule has 1 N–H and O–H groups in total. The van der Waals surface area contributed by atoms with Gasteiger partial charge in [0.05, 0.1) is 11.7 Å². The van der Waals surface area contributed by atoms with Crippen LogP contribution in [0, 0.1) is 13.8 Å². The Bertz CT molecular complexity index is 349. The zero-order chi connectivity index (χ0) is 11.4. The molecule has 0 spiro atoms. The lowest BCUT2D eigenvalue weighted by molar-refractivity contribution is -0.117. The number of rotatable bonds is 4. The van der Waals surface area contributed by atoms with Crippen molar-refractivity contribution in [3.05, 3.63) is 29.7 Å². The zero-order valence-electron chi connectivity index (χ0n) is 9.33. The molecule has 0 aliphatic carbocycles. The summed E-state index contributed by atoms with van der Waals surface area (Å²) in [7, 11) is 0. The van der Waals surface area contributed by atoms with Gasteiger partial charge in [-0.2, -0.15) is 0 Å². The molecule has 82 valence electrons. The Morgan fingerprint density at radius 1 is 1.67 bits per heavy atom. The van der Waals surface area contributed by atoms with Gasteiger partial charge >= 0.3 is 0 Å². The molecule has 1 unspecified atom stereocenters. The summed E-state index contributed by atoms with van der Waals surface area (Å²) in [5, 5.41) is 6.71. The molecule has 1 heterocycles. The first-order valence-corrected chi connectivity index (χ1v) is 4.95. The van der Waals surface area contributed by atoms with Crippen LogP contribution in [0.1, 0.15) is 36.4 Å². The van der Waals surface area contributed by atoms with Gasteiger partial charge in [0, 0.05) is 5.56 Å². The minimum absolute atomic E-state index is 0.0539. The number of nitrogens with zero attached hydrogens (tertiary/aromatic N) is 1. The molecule has 4 nitrogen and oxygen atoms in total. The molecular weight excluding hydrogens is 192 g/mol. The van der Waals surface area contributed by atoms with E-state index in [1.807, 2.05) is 20.8 Å². The van der Waals surface area contributed by atoms with Crippen molar-refractivity contribution >= 4 is 5.91 Å². The van der Waals surface area contributed by atoms with Crippen LogP contribution in [0.2, 0.25) is 0 Å². The summed E-state index contributed by atoms with van der Waals surface area (Å²) in [4.78, 5) is 11.2. The van der Waals surface area contributed by atoms with Crippen LogP contribution >= 0.6 is 0 Å². The van der Waals surface area contributed by atoms with Crippen molar-refractivity contribution in [2.45, 2.75) is 33.2 Å². The molecule has 0 aliphatic rings. The molecule has 0 aliphatic heterocycles. The van der Waals surface area contributed by atoms with E-state index in [9.17, 15) is 4.79 Å². The van der Waals surface area contributed by atoms with Gasteiger partial charge in [0.1, 0.15) is 5.76 Å². The summed E-state index contributed by atoms with van der Waals surface area (Å²) in [5.74, 6) is 0.575. The lowest BCUT2D eigenvalue weighted by atomic mass is 10.0. The number of aromatic nitrogens is 1. The second-order valence-electron chi connectivity index (χ2n) is 3.41. The number of carbonyl (C=O) groups excluding carboxylic acids is 1. The van der Waals surface area contributed by atoms with Gasteiger partial charge in [-0.3, -0.25) is 4.79 Å². The first kappa shape index (κ1) is 11.5. The molecule has 1 amide bonds. The first-order chi connectivity index (χ1) is 7.10. The minimum atomic E-state index is -0.179. The van der Waals surface area contributed by atoms with Crippen LogP contribution in [0.5, 0.6) is 0 Å². The van der Waals surface area contributed by atoms with E-state index in [-0.39, 0.29) is 11.9 Å². The highest BCUT2D eigenvalue weighted by Crippen LogP contribution is 2.23. The quantitative estimate of drug-likeness (QED) is 0.770. The fourth-order valence-electron chi connectivity index (χ4n) is 1.60. The highest BCUT2D eigenvalue weighted by atomic mass is 16.5. The normalized spacial score (nSPS) is 12.2. The SMILES string of the molecule is C=CC(=O)NC(CC)c1c(C)noc1C. The molecule has 0 bridgehead atoms. The van der Waals surface area contributed by atoms with Crippen molar-refractivity contribution in [1.82, 2.24) is 10.5 Å². The average Bonchev–Trinajstić information content (AvgIpc) is 2.55. The van der Waals surface area contributed by atoms with Gasteiger partial charge < -0.3 is 9.84 Å². The molecule has 0 aromatic carbocycles. The van der Waals surface area contributed by atoms with Crippen molar-refractivity contribution in [2.24, 2.45) is 0 Å². The third-order valence-electron chi connectivity index (χ3n) is 2.35. The number of amides is 1. The average molecular weight is 208 g/mol. The van der Waals surface area contributed by atoms with Gasteiger partial charge in [-0.25, -0.2) is 0 Å². The van der Waals surface area contributed by atoms with Crippen molar-refractivity contribution < 1.29 is 9.32 Å². The topological polar surface area (TPSA) is 55.1 Å². The Kier molecular flexibility index (Phi) is 3.66. The predicted octanol–water partition coefficient (Wildman–Crippen LogP) is 2.04. The maximum atomic E-state index is 11.2. The Hall–Kier alpha value is -1.58. The smallest absolute Gasteiger partial charge is 0.243 e. The number of hydrogen-bond acceptors (Lipinski definition) is 3. The van der Waals surface area contributed by atoms with Crippen LogP contribution < -0.4 is 5.32 Å². The van der Waals surface area contributed by atoms with Crippen LogP contribution in [0.15, 0.2) is 17.2 Å². The predicted molar refractivity (Wildman–Crippen MR) is 57.3 cm³/mol. The second kappa shape index (κ2) is 4.77. The maximum Gasteiger partial charge on any atom is 0.243 e. The van der Waals surface area contributed by atoms with Crippen LogP contribution in [-0.2, 0) is 4.79 Å². The van der Waals surface area contributed by atoms with E-state index in [1.54, 1.807) is 0 Å². The van der Waals surface area contributed by atoms with Gasteiger partial charge in [-0.15, -0.1) is 0 Å². The lowest BCUT2D eigenvalue weighted by Crippen LogP contribution is -2.26. The van der Waals surface area contributed by atoms with Gasteiger partial charge in [0.2, 0.25) is 5.91 Å². The molecule has 1 aromatic rings. The van der Waals surface area contributed by atoms with Gasteiger partial charge in [0.25, 0.3) is 0 Å². The van der Waals surface area contributed by atoms with Crippen molar-refractivity contribution in [1.29, 1.82) is 0 Å². The van der Waals surface area contributed by atoms with E-state index in [4.69, 9.17) is 4.52 Å². The summed E-state index contributed by atoms with van der Waals surface area (Å²) in [6, 6.07) is -0.0539. The number of aryl methyl sites for hydroxylation is 2. The summed E-state index contributed by atoms with van der Waals surface area (Å²) < 4.78 is 5.07. The summed E-state index contributed by atoms with van der Waals surface area (Å²) >= 11 is 0. The van der Waals surface area contributed by atoms with E-state index >= 15 is 0 Å². The molecule has 0 saturated carbocycles. The first-order valence-electron chi connectivity index (χ1n) is 4.95. The van der Waals surface area contributed by atoms with Crippen molar-refractivity contribution in [3.8, 4) is 0 Å². The zero-order valence-corrected chi connectivity index (χ0v) is 9.33. The van der Waals surface area contributed by atoms with Crippen LogP contribution in [0.3, 0.4) is 0 Å². The minimum Gasteiger partial charge on any atom is -0.361 e. The number of hydrogen-bond donors (Lipinski definition) is 1. The molecule has 0 saturated heterocycles. The van der Waals surface area contributed by atoms with Crippen LogP contribution in [-0.4, -0.2) is 11.1 Å². The number of carbonyl (C=O) groups is 1. The standard InChI is InChI=1S/C11H16N2O2/c1-5-9(12-10(14)6-2)11-7(3)13-15-8(11)4/h6,9H,2,5H2,1,3-4H3,(H,12,14). The largest absolute Gasteiger partial charge is 0.361 e. The molecule has 0 fully saturated rings. The monoisotopic (exact) mass is 208 g/mol. The third kappa shape index (κ3) is 2.46. The Balaban J connectivity index is 2.92. The van der Waals surface area contributed by atoms with Crippen molar-refractivity contribution in [3.63, 3.8) is 0 Å². The van der Waals surface area contributed by atoms with E-state index < -0.39 is 0 Å². The molecule has 15 heavy (non-hydrogen) atoms. The molecular formula is C11H16N2O2. The summed E-state index contributed by atoms with van der Waals surface area (Å²) in [6.07, 6.45) is 2.06. The van der Waals surface area contributed by atoms with Gasteiger partial charge in [-0.1, -0.05) is 18.7 Å². The number of nitrogens with one attached hydrogen (secondary N) is 1. The van der Waals surface area contributed by atoms with E-state index in [1.165, 1.54) is 6.08 Å². The summed E-state index contributed by atoms with van der Waals surface area (Å²) in [6.45, 7) is 9.14. The second-order valence-corrected chi connectivity index (χ2v) is 3.41. The molecule has 1 atom stereocenters. The van der Waals surface area contributed by atoms with Gasteiger partial charge in [-0.05, 0) is 26.3 Å². The van der Waals surface area contributed by atoms with Gasteiger partial charge in [0.15, 0.2) is 0 Å². The van der Waals surface area contributed by atoms with E-state index in [0.717, 1.165) is 23.4 Å². The van der Waals surface area contributed by atoms with Crippen molar-refractivity contribution in [2.75, 3.05) is 0 Å². The molecule has 1 rings (SSSR count). The van der Waals surface area contributed by atoms with E-state index in [0.29, 0.717) is 0 Å². The Morgan fingerprint density at radius 3 is 2.73 bits per heavy atom. The molecule has 0 radical (unpaired) electrons. The summed E-state index contributed by atoms with van der Waals surface area (Å²) in [5.41, 5.74) is 1.79. The highest BCUT2D eigenvalue weighted by molar-refractivity contribution is 5.87. The molecule has 1 aromatic heterocycles. The van der Waals surface area contributed by atoms with Crippen LogP contribution in [0.25, 0.3) is 0 Å². The Morgan fingerprint density at radius 2 is 2.33 bits per heavy atom. The third-order valence-corrected chi connectivity index (χ3v) is 2.35. The van der Waals surface area contributed by atoms with Crippen LogP contribution in [0.4, 0.5) is 0 Å². The van der Waals surface area contributed by atoms with E-state index in [2.05, 4.69) is 17.1 Å². The fraction of sp³-hybridized carbons (Fsp3) is 0.455. The lowest BCUT2D eigenvalue weighted by Gasteiger charge is -2.15.